The molecule has 4 nitrogen and oxygen atoms in total. The molecule has 92 valence electrons. The fraction of sp³-hybridized carbons (Fsp3) is 0.0769. The highest BCUT2D eigenvalue weighted by Gasteiger charge is 2.10. The van der Waals surface area contributed by atoms with Crippen molar-refractivity contribution in [3.8, 4) is 0 Å². The van der Waals surface area contributed by atoms with Gasteiger partial charge in [0.1, 0.15) is 5.69 Å². The number of carboxylic acid groups (broad SMARTS) is 1. The third kappa shape index (κ3) is 2.79. The zero-order valence-corrected chi connectivity index (χ0v) is 11.5. The number of hydrogen-bond donors (Lipinski definition) is 1. The van der Waals surface area contributed by atoms with Crippen LogP contribution in [-0.2, 0) is 6.54 Å². The Labute approximate surface area is 117 Å². The standard InChI is InChI=1S/C13H10INO3/c14-10-6-4-9(5-7-10)8-15-11(13(17)18)2-1-3-12(15)16/h1-7H,8H2,(H,17,18). The van der Waals surface area contributed by atoms with E-state index >= 15 is 0 Å². The summed E-state index contributed by atoms with van der Waals surface area (Å²) in [5.41, 5.74) is 0.584. The first-order chi connectivity index (χ1) is 8.58. The number of halogens is 1. The molecule has 0 amide bonds. The van der Waals surface area contributed by atoms with Crippen molar-refractivity contribution in [2.45, 2.75) is 6.54 Å². The van der Waals surface area contributed by atoms with Crippen LogP contribution in [-0.4, -0.2) is 15.6 Å². The molecule has 0 saturated carbocycles. The van der Waals surface area contributed by atoms with Gasteiger partial charge in [-0.05, 0) is 46.4 Å². The van der Waals surface area contributed by atoms with Crippen LogP contribution in [0, 0.1) is 3.57 Å². The summed E-state index contributed by atoms with van der Waals surface area (Å²) in [6.45, 7) is 0.262. The number of pyridine rings is 1. The van der Waals surface area contributed by atoms with E-state index in [1.54, 1.807) is 0 Å². The van der Waals surface area contributed by atoms with Gasteiger partial charge in [0.15, 0.2) is 0 Å². The lowest BCUT2D eigenvalue weighted by Gasteiger charge is -2.09. The molecule has 0 radical (unpaired) electrons. The Balaban J connectivity index is 2.42. The molecule has 5 heteroatoms. The van der Waals surface area contributed by atoms with Crippen molar-refractivity contribution < 1.29 is 9.90 Å². The number of rotatable bonds is 3. The molecule has 2 aromatic rings. The highest BCUT2D eigenvalue weighted by Crippen LogP contribution is 2.08. The van der Waals surface area contributed by atoms with E-state index in [-0.39, 0.29) is 17.8 Å². The summed E-state index contributed by atoms with van der Waals surface area (Å²) in [5.74, 6) is -1.10. The van der Waals surface area contributed by atoms with E-state index in [2.05, 4.69) is 22.6 Å². The zero-order chi connectivity index (χ0) is 13.1. The molecule has 1 N–H and O–H groups in total. The van der Waals surface area contributed by atoms with Crippen LogP contribution in [0.5, 0.6) is 0 Å². The van der Waals surface area contributed by atoms with Crippen molar-refractivity contribution in [1.29, 1.82) is 0 Å². The van der Waals surface area contributed by atoms with Crippen molar-refractivity contribution >= 4 is 28.6 Å². The second-order valence-electron chi connectivity index (χ2n) is 3.77. The Kier molecular flexibility index (Phi) is 3.81. The SMILES string of the molecule is O=C(O)c1cccc(=O)n1Cc1ccc(I)cc1. The molecular formula is C13H10INO3. The van der Waals surface area contributed by atoms with E-state index in [4.69, 9.17) is 5.11 Å². The number of aromatic carboxylic acids is 1. The van der Waals surface area contributed by atoms with Crippen molar-refractivity contribution in [3.05, 3.63) is 67.6 Å². The number of benzene rings is 1. The summed E-state index contributed by atoms with van der Waals surface area (Å²) in [5, 5.41) is 9.05. The third-order valence-corrected chi connectivity index (χ3v) is 3.24. The largest absolute Gasteiger partial charge is 0.477 e. The average molecular weight is 355 g/mol. The molecule has 0 aliphatic heterocycles. The molecule has 1 aromatic heterocycles. The highest BCUT2D eigenvalue weighted by molar-refractivity contribution is 14.1. The maximum Gasteiger partial charge on any atom is 0.352 e. The van der Waals surface area contributed by atoms with Gasteiger partial charge in [0.25, 0.3) is 5.56 Å². The van der Waals surface area contributed by atoms with Gasteiger partial charge in [0, 0.05) is 9.64 Å². The van der Waals surface area contributed by atoms with Crippen LogP contribution in [0.25, 0.3) is 0 Å². The van der Waals surface area contributed by atoms with Crippen molar-refractivity contribution in [2.24, 2.45) is 0 Å². The predicted molar refractivity (Wildman–Crippen MR) is 75.9 cm³/mol. The van der Waals surface area contributed by atoms with Gasteiger partial charge in [-0.25, -0.2) is 4.79 Å². The van der Waals surface area contributed by atoms with Gasteiger partial charge >= 0.3 is 5.97 Å². The Hall–Kier alpha value is -1.63. The summed E-state index contributed by atoms with van der Waals surface area (Å²) < 4.78 is 2.35. The van der Waals surface area contributed by atoms with Crippen LogP contribution >= 0.6 is 22.6 Å². The fourth-order valence-corrected chi connectivity index (χ4v) is 2.00. The van der Waals surface area contributed by atoms with Crippen LogP contribution in [0.15, 0.2) is 47.3 Å². The monoisotopic (exact) mass is 355 g/mol. The maximum absolute atomic E-state index is 11.7. The Morgan fingerprint density at radius 2 is 1.83 bits per heavy atom. The maximum atomic E-state index is 11.7. The molecule has 0 bridgehead atoms. The lowest BCUT2D eigenvalue weighted by atomic mass is 10.2. The first-order valence-electron chi connectivity index (χ1n) is 5.25. The Morgan fingerprint density at radius 3 is 2.44 bits per heavy atom. The van der Waals surface area contributed by atoms with E-state index in [0.29, 0.717) is 0 Å². The minimum atomic E-state index is -1.10. The van der Waals surface area contributed by atoms with Gasteiger partial charge in [0.2, 0.25) is 0 Å². The molecule has 0 fully saturated rings. The minimum absolute atomic E-state index is 0.000972. The number of nitrogens with zero attached hydrogens (tertiary/aromatic N) is 1. The summed E-state index contributed by atoms with van der Waals surface area (Å²) in [6.07, 6.45) is 0. The third-order valence-electron chi connectivity index (χ3n) is 2.52. The van der Waals surface area contributed by atoms with Crippen LogP contribution in [0.2, 0.25) is 0 Å². The number of carboxylic acids is 1. The van der Waals surface area contributed by atoms with E-state index in [1.807, 2.05) is 24.3 Å². The molecule has 0 spiro atoms. The van der Waals surface area contributed by atoms with Gasteiger partial charge in [-0.3, -0.25) is 9.36 Å². The summed E-state index contributed by atoms with van der Waals surface area (Å²) in [7, 11) is 0. The molecule has 0 aliphatic rings. The first-order valence-corrected chi connectivity index (χ1v) is 6.33. The van der Waals surface area contributed by atoms with Gasteiger partial charge in [-0.15, -0.1) is 0 Å². The summed E-state index contributed by atoms with van der Waals surface area (Å²) in [6, 6.07) is 11.8. The molecule has 18 heavy (non-hydrogen) atoms. The first kappa shape index (κ1) is 12.8. The van der Waals surface area contributed by atoms with Crippen LogP contribution in [0.1, 0.15) is 16.1 Å². The molecule has 1 aromatic carbocycles. The molecule has 0 unspecified atom stereocenters. The second kappa shape index (κ2) is 5.34. The molecule has 1 heterocycles. The zero-order valence-electron chi connectivity index (χ0n) is 9.34. The van der Waals surface area contributed by atoms with Gasteiger partial charge in [0.05, 0.1) is 6.54 Å². The van der Waals surface area contributed by atoms with Crippen molar-refractivity contribution in [1.82, 2.24) is 4.57 Å². The minimum Gasteiger partial charge on any atom is -0.477 e. The molecule has 0 saturated heterocycles. The van der Waals surface area contributed by atoms with Gasteiger partial charge in [-0.1, -0.05) is 18.2 Å². The topological polar surface area (TPSA) is 59.3 Å². The van der Waals surface area contributed by atoms with Gasteiger partial charge in [-0.2, -0.15) is 0 Å². The molecule has 0 atom stereocenters. The van der Waals surface area contributed by atoms with E-state index in [1.165, 1.54) is 22.8 Å². The van der Waals surface area contributed by atoms with Gasteiger partial charge < -0.3 is 5.11 Å². The van der Waals surface area contributed by atoms with E-state index in [9.17, 15) is 9.59 Å². The Morgan fingerprint density at radius 1 is 1.17 bits per heavy atom. The lowest BCUT2D eigenvalue weighted by Crippen LogP contribution is -2.25. The number of hydrogen-bond acceptors (Lipinski definition) is 2. The number of aromatic nitrogens is 1. The number of carbonyl (C=O) groups is 1. The van der Waals surface area contributed by atoms with Crippen LogP contribution in [0.4, 0.5) is 0 Å². The van der Waals surface area contributed by atoms with E-state index < -0.39 is 5.97 Å². The van der Waals surface area contributed by atoms with E-state index in [0.717, 1.165) is 9.13 Å². The Bertz CT molecular complexity index is 631. The van der Waals surface area contributed by atoms with Crippen LogP contribution < -0.4 is 5.56 Å². The normalized spacial score (nSPS) is 10.3. The fourth-order valence-electron chi connectivity index (χ4n) is 1.64. The summed E-state index contributed by atoms with van der Waals surface area (Å²) in [4.78, 5) is 22.8. The van der Waals surface area contributed by atoms with Crippen LogP contribution in [0.3, 0.4) is 0 Å². The lowest BCUT2D eigenvalue weighted by molar-refractivity contribution is 0.0684. The van der Waals surface area contributed by atoms with Crippen molar-refractivity contribution in [3.63, 3.8) is 0 Å². The predicted octanol–water partition coefficient (Wildman–Crippen LogP) is 2.20. The highest BCUT2D eigenvalue weighted by atomic mass is 127. The van der Waals surface area contributed by atoms with Crippen molar-refractivity contribution in [2.75, 3.05) is 0 Å². The molecular weight excluding hydrogens is 345 g/mol. The average Bonchev–Trinajstić information content (AvgIpc) is 2.34. The smallest absolute Gasteiger partial charge is 0.352 e. The quantitative estimate of drug-likeness (QED) is 0.859. The molecule has 2 rings (SSSR count). The second-order valence-corrected chi connectivity index (χ2v) is 5.01. The summed E-state index contributed by atoms with van der Waals surface area (Å²) >= 11 is 2.19. The molecule has 0 aliphatic carbocycles.